The lowest BCUT2D eigenvalue weighted by atomic mass is 9.78. The molecule has 0 radical (unpaired) electrons. The Balaban J connectivity index is 1.74. The van der Waals surface area contributed by atoms with E-state index in [1.165, 1.54) is 16.0 Å². The number of nitrogens with zero attached hydrogens (tertiary/aromatic N) is 1. The maximum atomic E-state index is 6.39. The fourth-order valence-corrected chi connectivity index (χ4v) is 5.56. The van der Waals surface area contributed by atoms with Crippen LogP contribution >= 0.6 is 22.9 Å². The number of aryl methyl sites for hydroxylation is 1. The molecule has 1 spiro atoms. The zero-order valence-electron chi connectivity index (χ0n) is 13.4. The molecular formula is C18H21ClN2OS. The van der Waals surface area contributed by atoms with Crippen molar-refractivity contribution in [3.05, 3.63) is 50.4 Å². The standard InChI is InChI=1S/C18H21ClN2OS/c1-11-4-3-6-20-16(11)14-10-18(9-12(2)21-14)17-13(5-7-22-18)8-15(19)23-17/h3-4,6,8,12,14,21H,5,7,9-10H2,1-2H3. The number of aromatic nitrogens is 1. The molecule has 2 aliphatic heterocycles. The van der Waals surface area contributed by atoms with Crippen molar-refractivity contribution in [2.75, 3.05) is 6.61 Å². The third-order valence-corrected chi connectivity index (χ3v) is 6.47. The van der Waals surface area contributed by atoms with Gasteiger partial charge in [0.15, 0.2) is 0 Å². The average molecular weight is 349 g/mol. The van der Waals surface area contributed by atoms with Crippen molar-refractivity contribution in [1.82, 2.24) is 10.3 Å². The number of pyridine rings is 1. The molecule has 4 rings (SSSR count). The second-order valence-corrected chi connectivity index (χ2v) is 8.42. The van der Waals surface area contributed by atoms with E-state index in [1.54, 1.807) is 11.3 Å². The van der Waals surface area contributed by atoms with Crippen molar-refractivity contribution in [2.45, 2.75) is 50.8 Å². The first-order valence-electron chi connectivity index (χ1n) is 8.18. The van der Waals surface area contributed by atoms with Gasteiger partial charge in [-0.25, -0.2) is 0 Å². The van der Waals surface area contributed by atoms with Crippen molar-refractivity contribution < 1.29 is 4.74 Å². The van der Waals surface area contributed by atoms with E-state index in [9.17, 15) is 0 Å². The highest BCUT2D eigenvalue weighted by Gasteiger charge is 2.46. The first-order valence-corrected chi connectivity index (χ1v) is 9.37. The van der Waals surface area contributed by atoms with E-state index in [0.717, 1.165) is 35.9 Å². The Hall–Kier alpha value is -0.940. The highest BCUT2D eigenvalue weighted by Crippen LogP contribution is 2.49. The molecule has 0 aliphatic carbocycles. The molecule has 0 amide bonds. The minimum atomic E-state index is -0.218. The summed E-state index contributed by atoms with van der Waals surface area (Å²) in [7, 11) is 0. The molecular weight excluding hydrogens is 328 g/mol. The molecule has 23 heavy (non-hydrogen) atoms. The lowest BCUT2D eigenvalue weighted by molar-refractivity contribution is -0.0958. The van der Waals surface area contributed by atoms with Crippen molar-refractivity contribution >= 4 is 22.9 Å². The van der Waals surface area contributed by atoms with E-state index in [2.05, 4.69) is 36.3 Å². The molecule has 3 atom stereocenters. The third kappa shape index (κ3) is 2.72. The number of ether oxygens (including phenoxy) is 1. The van der Waals surface area contributed by atoms with Gasteiger partial charge in [-0.3, -0.25) is 4.98 Å². The van der Waals surface area contributed by atoms with E-state index in [4.69, 9.17) is 16.3 Å². The van der Waals surface area contributed by atoms with Crippen LogP contribution in [-0.4, -0.2) is 17.6 Å². The van der Waals surface area contributed by atoms with Gasteiger partial charge in [-0.1, -0.05) is 17.7 Å². The molecule has 1 saturated heterocycles. The molecule has 3 unspecified atom stereocenters. The van der Waals surface area contributed by atoms with Gasteiger partial charge in [0.25, 0.3) is 0 Å². The fourth-order valence-electron chi connectivity index (χ4n) is 4.10. The zero-order chi connectivity index (χ0) is 16.0. The number of fused-ring (bicyclic) bond motifs is 2. The van der Waals surface area contributed by atoms with E-state index in [0.29, 0.717) is 6.04 Å². The molecule has 0 bridgehead atoms. The molecule has 1 fully saturated rings. The molecule has 5 heteroatoms. The predicted molar refractivity (Wildman–Crippen MR) is 94.2 cm³/mol. The summed E-state index contributed by atoms with van der Waals surface area (Å²) in [5.74, 6) is 0. The van der Waals surface area contributed by atoms with Crippen LogP contribution in [0.2, 0.25) is 4.34 Å². The molecule has 0 aromatic carbocycles. The van der Waals surface area contributed by atoms with Gasteiger partial charge in [-0.15, -0.1) is 11.3 Å². The molecule has 2 aliphatic rings. The van der Waals surface area contributed by atoms with E-state index in [1.807, 2.05) is 12.3 Å². The first kappa shape index (κ1) is 15.6. The van der Waals surface area contributed by atoms with Crippen LogP contribution in [0.3, 0.4) is 0 Å². The first-order chi connectivity index (χ1) is 11.1. The Bertz CT molecular complexity index is 732. The second kappa shape index (κ2) is 5.85. The van der Waals surface area contributed by atoms with Gasteiger partial charge in [0.05, 0.1) is 22.7 Å². The highest BCUT2D eigenvalue weighted by atomic mass is 35.5. The van der Waals surface area contributed by atoms with Crippen LogP contribution in [0.15, 0.2) is 24.4 Å². The monoisotopic (exact) mass is 348 g/mol. The van der Waals surface area contributed by atoms with Crippen molar-refractivity contribution in [3.63, 3.8) is 0 Å². The van der Waals surface area contributed by atoms with Crippen LogP contribution in [-0.2, 0) is 16.8 Å². The molecule has 4 heterocycles. The van der Waals surface area contributed by atoms with E-state index < -0.39 is 0 Å². The summed E-state index contributed by atoms with van der Waals surface area (Å²) in [5, 5.41) is 3.71. The third-order valence-electron chi connectivity index (χ3n) is 4.98. The van der Waals surface area contributed by atoms with Gasteiger partial charge in [-0.2, -0.15) is 0 Å². The molecule has 3 nitrogen and oxygen atoms in total. The number of thiophene rings is 1. The van der Waals surface area contributed by atoms with Gasteiger partial charge in [-0.05, 0) is 49.9 Å². The van der Waals surface area contributed by atoms with E-state index >= 15 is 0 Å². The minimum absolute atomic E-state index is 0.215. The number of hydrogen-bond acceptors (Lipinski definition) is 4. The summed E-state index contributed by atoms with van der Waals surface area (Å²) in [6, 6.07) is 6.84. The number of halogens is 1. The summed E-state index contributed by atoms with van der Waals surface area (Å²) in [4.78, 5) is 5.97. The van der Waals surface area contributed by atoms with Gasteiger partial charge < -0.3 is 10.1 Å². The number of nitrogens with one attached hydrogen (secondary N) is 1. The number of hydrogen-bond donors (Lipinski definition) is 1. The fraction of sp³-hybridized carbons (Fsp3) is 0.500. The van der Waals surface area contributed by atoms with Crippen LogP contribution in [0.5, 0.6) is 0 Å². The van der Waals surface area contributed by atoms with Crippen LogP contribution in [0.4, 0.5) is 0 Å². The van der Waals surface area contributed by atoms with Crippen molar-refractivity contribution in [1.29, 1.82) is 0 Å². The molecule has 2 aromatic rings. The van der Waals surface area contributed by atoms with Crippen LogP contribution in [0.1, 0.15) is 47.5 Å². The van der Waals surface area contributed by atoms with Gasteiger partial charge in [0.1, 0.15) is 5.60 Å². The average Bonchev–Trinajstić information content (AvgIpc) is 2.89. The molecule has 0 saturated carbocycles. The lowest BCUT2D eigenvalue weighted by Gasteiger charge is -2.46. The van der Waals surface area contributed by atoms with Gasteiger partial charge in [0.2, 0.25) is 0 Å². The van der Waals surface area contributed by atoms with E-state index in [-0.39, 0.29) is 11.6 Å². The SMILES string of the molecule is Cc1cccnc1C1CC2(CC(C)N1)OCCc1cc(Cl)sc12. The molecule has 1 N–H and O–H groups in total. The van der Waals surface area contributed by atoms with Gasteiger partial charge in [0, 0.05) is 23.5 Å². The van der Waals surface area contributed by atoms with Crippen LogP contribution in [0, 0.1) is 6.92 Å². The normalized spacial score (nSPS) is 30.4. The lowest BCUT2D eigenvalue weighted by Crippen LogP contribution is -2.49. The summed E-state index contributed by atoms with van der Waals surface area (Å²) >= 11 is 7.99. The number of rotatable bonds is 1. The Labute approximate surface area is 146 Å². The second-order valence-electron chi connectivity index (χ2n) is 6.73. The maximum absolute atomic E-state index is 6.39. The Morgan fingerprint density at radius 3 is 3.13 bits per heavy atom. The van der Waals surface area contributed by atoms with Crippen LogP contribution < -0.4 is 5.32 Å². The van der Waals surface area contributed by atoms with Gasteiger partial charge >= 0.3 is 0 Å². The van der Waals surface area contributed by atoms with Crippen molar-refractivity contribution in [2.24, 2.45) is 0 Å². The molecule has 122 valence electrons. The Morgan fingerprint density at radius 1 is 1.43 bits per heavy atom. The largest absolute Gasteiger partial charge is 0.369 e. The maximum Gasteiger partial charge on any atom is 0.106 e. The number of piperidine rings is 1. The Kier molecular flexibility index (Phi) is 3.96. The summed E-state index contributed by atoms with van der Waals surface area (Å²) in [6.07, 6.45) is 4.75. The quantitative estimate of drug-likeness (QED) is 0.830. The smallest absolute Gasteiger partial charge is 0.106 e. The summed E-state index contributed by atoms with van der Waals surface area (Å²) in [5.41, 5.74) is 3.52. The molecule has 2 aromatic heterocycles. The summed E-state index contributed by atoms with van der Waals surface area (Å²) < 4.78 is 7.26. The Morgan fingerprint density at radius 2 is 2.30 bits per heavy atom. The predicted octanol–water partition coefficient (Wildman–Crippen LogP) is 4.39. The minimum Gasteiger partial charge on any atom is -0.369 e. The van der Waals surface area contributed by atoms with Crippen LogP contribution in [0.25, 0.3) is 0 Å². The highest BCUT2D eigenvalue weighted by molar-refractivity contribution is 7.16. The summed E-state index contributed by atoms with van der Waals surface area (Å²) in [6.45, 7) is 5.14. The zero-order valence-corrected chi connectivity index (χ0v) is 15.0. The van der Waals surface area contributed by atoms with Crippen molar-refractivity contribution in [3.8, 4) is 0 Å². The topological polar surface area (TPSA) is 34.2 Å².